The Morgan fingerprint density at radius 2 is 2.15 bits per heavy atom. The number of hydrogen-bond acceptors (Lipinski definition) is 4. The van der Waals surface area contributed by atoms with Gasteiger partial charge in [-0.25, -0.2) is 0 Å². The minimum Gasteiger partial charge on any atom is -0.477 e. The van der Waals surface area contributed by atoms with Gasteiger partial charge in [0.2, 0.25) is 0 Å². The van der Waals surface area contributed by atoms with Crippen molar-refractivity contribution in [3.63, 3.8) is 0 Å². The van der Waals surface area contributed by atoms with E-state index in [2.05, 4.69) is 5.32 Å². The molecule has 102 valence electrons. The molecule has 5 heteroatoms. The Bertz CT molecular complexity index is 641. The molecule has 1 amide bonds. The zero-order valence-electron chi connectivity index (χ0n) is 11.1. The molecule has 1 aromatic carbocycles. The fourth-order valence-corrected chi connectivity index (χ4v) is 1.68. The van der Waals surface area contributed by atoms with Gasteiger partial charge in [-0.15, -0.1) is 0 Å². The summed E-state index contributed by atoms with van der Waals surface area (Å²) >= 11 is 0. The van der Waals surface area contributed by atoms with Crippen LogP contribution in [0.5, 0.6) is 5.75 Å². The molecule has 0 bridgehead atoms. The molecule has 0 saturated carbocycles. The maximum Gasteiger partial charge on any atom is 0.291 e. The number of nitrogens with zero attached hydrogens (tertiary/aromatic N) is 1. The number of furan rings is 1. The van der Waals surface area contributed by atoms with Crippen molar-refractivity contribution in [2.75, 3.05) is 11.9 Å². The average Bonchev–Trinajstić information content (AvgIpc) is 2.95. The Balaban J connectivity index is 2.13. The summed E-state index contributed by atoms with van der Waals surface area (Å²) in [5.74, 6) is 1.10. The molecule has 0 aliphatic carbocycles. The number of anilines is 1. The summed E-state index contributed by atoms with van der Waals surface area (Å²) in [5.41, 5.74) is 0.502. The minimum atomic E-state index is -0.349. The van der Waals surface area contributed by atoms with Gasteiger partial charge in [0, 0.05) is 6.42 Å². The maximum atomic E-state index is 12.0. The second kappa shape index (κ2) is 6.43. The zero-order valence-corrected chi connectivity index (χ0v) is 11.1. The van der Waals surface area contributed by atoms with Crippen molar-refractivity contribution in [3.05, 3.63) is 47.9 Å². The van der Waals surface area contributed by atoms with Crippen LogP contribution in [-0.2, 0) is 6.42 Å². The van der Waals surface area contributed by atoms with Crippen LogP contribution < -0.4 is 10.1 Å². The van der Waals surface area contributed by atoms with Crippen LogP contribution in [0.1, 0.15) is 23.2 Å². The molecule has 20 heavy (non-hydrogen) atoms. The third-order valence-corrected chi connectivity index (χ3v) is 2.66. The summed E-state index contributed by atoms with van der Waals surface area (Å²) in [7, 11) is 0. The lowest BCUT2D eigenvalue weighted by molar-refractivity contribution is 0.0994. The van der Waals surface area contributed by atoms with Crippen molar-refractivity contribution in [3.8, 4) is 11.8 Å². The molecule has 0 radical (unpaired) electrons. The van der Waals surface area contributed by atoms with Crippen molar-refractivity contribution in [1.82, 2.24) is 0 Å². The monoisotopic (exact) mass is 270 g/mol. The number of nitrogens with one attached hydrogen (secondary N) is 1. The number of nitriles is 1. The van der Waals surface area contributed by atoms with E-state index in [0.29, 0.717) is 11.4 Å². The van der Waals surface area contributed by atoms with Crippen LogP contribution in [0.2, 0.25) is 0 Å². The quantitative estimate of drug-likeness (QED) is 0.906. The number of para-hydroxylation sites is 2. The van der Waals surface area contributed by atoms with Gasteiger partial charge >= 0.3 is 0 Å². The lowest BCUT2D eigenvalue weighted by Crippen LogP contribution is -2.12. The van der Waals surface area contributed by atoms with Gasteiger partial charge in [0.05, 0.1) is 5.69 Å². The van der Waals surface area contributed by atoms with Gasteiger partial charge in [-0.05, 0) is 24.3 Å². The average molecular weight is 270 g/mol. The first-order valence-corrected chi connectivity index (χ1v) is 6.23. The van der Waals surface area contributed by atoms with Crippen LogP contribution in [0.4, 0.5) is 5.69 Å². The first-order valence-electron chi connectivity index (χ1n) is 6.23. The molecule has 2 aromatic rings. The van der Waals surface area contributed by atoms with Gasteiger partial charge in [-0.1, -0.05) is 19.1 Å². The van der Waals surface area contributed by atoms with E-state index in [1.54, 1.807) is 36.4 Å². The molecule has 0 aliphatic heterocycles. The van der Waals surface area contributed by atoms with Gasteiger partial charge in [-0.2, -0.15) is 5.26 Å². The highest BCUT2D eigenvalue weighted by atomic mass is 16.5. The SMILES string of the molecule is CCc1ccc(C(=O)Nc2ccccc2OCC#N)o1. The third-order valence-electron chi connectivity index (χ3n) is 2.66. The van der Waals surface area contributed by atoms with Crippen molar-refractivity contribution in [1.29, 1.82) is 5.26 Å². The van der Waals surface area contributed by atoms with E-state index < -0.39 is 0 Å². The zero-order chi connectivity index (χ0) is 14.4. The second-order valence-corrected chi connectivity index (χ2v) is 4.02. The molecule has 1 aromatic heterocycles. The number of ether oxygens (including phenoxy) is 1. The fraction of sp³-hybridized carbons (Fsp3) is 0.200. The first-order chi connectivity index (χ1) is 9.74. The van der Waals surface area contributed by atoms with Gasteiger partial charge in [0.1, 0.15) is 17.6 Å². The number of rotatable bonds is 5. The Kier molecular flexibility index (Phi) is 4.40. The smallest absolute Gasteiger partial charge is 0.291 e. The summed E-state index contributed by atoms with van der Waals surface area (Å²) in [4.78, 5) is 12.0. The van der Waals surface area contributed by atoms with Gasteiger partial charge in [0.15, 0.2) is 12.4 Å². The number of aryl methyl sites for hydroxylation is 1. The molecular formula is C15H14N2O3. The topological polar surface area (TPSA) is 75.3 Å². The number of carbonyl (C=O) groups excluding carboxylic acids is 1. The molecular weight excluding hydrogens is 256 g/mol. The summed E-state index contributed by atoms with van der Waals surface area (Å²) in [6, 6.07) is 12.2. The van der Waals surface area contributed by atoms with Crippen molar-refractivity contribution >= 4 is 11.6 Å². The standard InChI is InChI=1S/C15H14N2O3/c1-2-11-7-8-14(20-11)15(18)17-12-5-3-4-6-13(12)19-10-9-16/h3-8H,2,10H2,1H3,(H,17,18). The van der Waals surface area contributed by atoms with E-state index in [1.165, 1.54) is 0 Å². The van der Waals surface area contributed by atoms with Crippen molar-refractivity contribution < 1.29 is 13.9 Å². The molecule has 0 spiro atoms. The van der Waals surface area contributed by atoms with Crippen LogP contribution >= 0.6 is 0 Å². The van der Waals surface area contributed by atoms with E-state index in [0.717, 1.165) is 12.2 Å². The van der Waals surface area contributed by atoms with Gasteiger partial charge in [0.25, 0.3) is 5.91 Å². The molecule has 0 aliphatic rings. The van der Waals surface area contributed by atoms with Crippen molar-refractivity contribution in [2.45, 2.75) is 13.3 Å². The summed E-state index contributed by atoms with van der Waals surface area (Å²) in [6.07, 6.45) is 0.731. The summed E-state index contributed by atoms with van der Waals surface area (Å²) < 4.78 is 10.6. The Morgan fingerprint density at radius 1 is 1.35 bits per heavy atom. The molecule has 1 heterocycles. The Labute approximate surface area is 116 Å². The van der Waals surface area contributed by atoms with Crippen LogP contribution in [-0.4, -0.2) is 12.5 Å². The molecule has 0 unspecified atom stereocenters. The number of amides is 1. The highest BCUT2D eigenvalue weighted by molar-refractivity contribution is 6.03. The van der Waals surface area contributed by atoms with Crippen LogP contribution in [0, 0.1) is 11.3 Å². The lowest BCUT2D eigenvalue weighted by atomic mass is 10.3. The number of hydrogen-bond donors (Lipinski definition) is 1. The molecule has 0 fully saturated rings. The molecule has 2 rings (SSSR count). The highest BCUT2D eigenvalue weighted by Gasteiger charge is 2.13. The fourth-order valence-electron chi connectivity index (χ4n) is 1.68. The molecule has 0 atom stereocenters. The second-order valence-electron chi connectivity index (χ2n) is 4.02. The lowest BCUT2D eigenvalue weighted by Gasteiger charge is -2.09. The Hall–Kier alpha value is -2.74. The van der Waals surface area contributed by atoms with Crippen molar-refractivity contribution in [2.24, 2.45) is 0 Å². The number of benzene rings is 1. The molecule has 1 N–H and O–H groups in total. The Morgan fingerprint density at radius 3 is 2.85 bits per heavy atom. The van der Waals surface area contributed by atoms with Crippen LogP contribution in [0.25, 0.3) is 0 Å². The normalized spacial score (nSPS) is 9.80. The van der Waals surface area contributed by atoms with E-state index in [-0.39, 0.29) is 18.3 Å². The maximum absolute atomic E-state index is 12.0. The van der Waals surface area contributed by atoms with E-state index >= 15 is 0 Å². The van der Waals surface area contributed by atoms with Crippen LogP contribution in [0.15, 0.2) is 40.8 Å². The van der Waals surface area contributed by atoms with Gasteiger partial charge < -0.3 is 14.5 Å². The highest BCUT2D eigenvalue weighted by Crippen LogP contribution is 2.24. The predicted molar refractivity (Wildman–Crippen MR) is 73.6 cm³/mol. The largest absolute Gasteiger partial charge is 0.477 e. The van der Waals surface area contributed by atoms with E-state index in [9.17, 15) is 4.79 Å². The van der Waals surface area contributed by atoms with E-state index in [4.69, 9.17) is 14.4 Å². The molecule has 5 nitrogen and oxygen atoms in total. The molecule has 0 saturated heterocycles. The summed E-state index contributed by atoms with van der Waals surface area (Å²) in [5, 5.41) is 11.2. The number of carbonyl (C=O) groups is 1. The van der Waals surface area contributed by atoms with E-state index in [1.807, 2.05) is 13.0 Å². The minimum absolute atomic E-state index is 0.0758. The van der Waals surface area contributed by atoms with Crippen LogP contribution in [0.3, 0.4) is 0 Å². The summed E-state index contributed by atoms with van der Waals surface area (Å²) in [6.45, 7) is 1.87. The predicted octanol–water partition coefficient (Wildman–Crippen LogP) is 3.00. The third kappa shape index (κ3) is 3.18. The first kappa shape index (κ1) is 13.7. The van der Waals surface area contributed by atoms with Gasteiger partial charge in [-0.3, -0.25) is 4.79 Å².